The normalized spacial score (nSPS) is 24.7. The SMILES string of the molecule is CCCN1C(=O)CC(NC(C)C(=O)NC2CC2)C1=O. The molecule has 1 saturated carbocycles. The molecule has 1 heterocycles. The van der Waals surface area contributed by atoms with E-state index in [0.29, 0.717) is 12.6 Å². The fraction of sp³-hybridized carbons (Fsp3) is 0.769. The van der Waals surface area contributed by atoms with Crippen LogP contribution in [0.3, 0.4) is 0 Å². The summed E-state index contributed by atoms with van der Waals surface area (Å²) in [5, 5.41) is 5.83. The second-order valence-electron chi connectivity index (χ2n) is 5.31. The van der Waals surface area contributed by atoms with Gasteiger partial charge < -0.3 is 5.32 Å². The quantitative estimate of drug-likeness (QED) is 0.652. The van der Waals surface area contributed by atoms with Gasteiger partial charge in [-0.1, -0.05) is 6.92 Å². The second-order valence-corrected chi connectivity index (χ2v) is 5.31. The van der Waals surface area contributed by atoms with E-state index in [1.807, 2.05) is 6.92 Å². The first kappa shape index (κ1) is 14.0. The van der Waals surface area contributed by atoms with Crippen molar-refractivity contribution in [1.29, 1.82) is 0 Å². The van der Waals surface area contributed by atoms with Crippen molar-refractivity contribution in [2.45, 2.75) is 57.7 Å². The molecule has 2 unspecified atom stereocenters. The van der Waals surface area contributed by atoms with Gasteiger partial charge in [0.15, 0.2) is 0 Å². The van der Waals surface area contributed by atoms with E-state index in [0.717, 1.165) is 19.3 Å². The maximum absolute atomic E-state index is 12.0. The van der Waals surface area contributed by atoms with E-state index >= 15 is 0 Å². The zero-order chi connectivity index (χ0) is 14.0. The molecule has 2 atom stereocenters. The van der Waals surface area contributed by atoms with Crippen LogP contribution in [0, 0.1) is 0 Å². The predicted octanol–water partition coefficient (Wildman–Crippen LogP) is -0.219. The number of nitrogens with one attached hydrogen (secondary N) is 2. The molecule has 2 fully saturated rings. The minimum absolute atomic E-state index is 0.100. The standard InChI is InChI=1S/C13H21N3O3/c1-3-6-16-11(17)7-10(13(16)19)14-8(2)12(18)15-9-4-5-9/h8-10,14H,3-7H2,1-2H3,(H,15,18). The number of nitrogens with zero attached hydrogens (tertiary/aromatic N) is 1. The number of likely N-dealkylation sites (tertiary alicyclic amines) is 1. The highest BCUT2D eigenvalue weighted by Gasteiger charge is 2.39. The Labute approximate surface area is 112 Å². The molecule has 19 heavy (non-hydrogen) atoms. The van der Waals surface area contributed by atoms with Crippen molar-refractivity contribution >= 4 is 17.7 Å². The van der Waals surface area contributed by atoms with Gasteiger partial charge in [0.25, 0.3) is 0 Å². The molecule has 0 bridgehead atoms. The van der Waals surface area contributed by atoms with Crippen LogP contribution in [0.2, 0.25) is 0 Å². The zero-order valence-corrected chi connectivity index (χ0v) is 11.4. The highest BCUT2D eigenvalue weighted by Crippen LogP contribution is 2.19. The van der Waals surface area contributed by atoms with Crippen molar-refractivity contribution in [3.8, 4) is 0 Å². The first-order chi connectivity index (χ1) is 9.02. The molecule has 1 aliphatic heterocycles. The summed E-state index contributed by atoms with van der Waals surface area (Å²) in [7, 11) is 0. The molecule has 6 nitrogen and oxygen atoms in total. The van der Waals surface area contributed by atoms with Crippen molar-refractivity contribution in [3.63, 3.8) is 0 Å². The van der Waals surface area contributed by atoms with E-state index in [-0.39, 0.29) is 24.1 Å². The van der Waals surface area contributed by atoms with Crippen molar-refractivity contribution in [2.24, 2.45) is 0 Å². The molecule has 0 radical (unpaired) electrons. The topological polar surface area (TPSA) is 78.5 Å². The molecule has 1 aliphatic carbocycles. The summed E-state index contributed by atoms with van der Waals surface area (Å²) in [6.45, 7) is 4.10. The number of rotatable bonds is 6. The lowest BCUT2D eigenvalue weighted by molar-refractivity contribution is -0.138. The molecule has 106 valence electrons. The Morgan fingerprint density at radius 3 is 2.68 bits per heavy atom. The monoisotopic (exact) mass is 267 g/mol. The van der Waals surface area contributed by atoms with Gasteiger partial charge in [-0.2, -0.15) is 0 Å². The maximum atomic E-state index is 12.0. The van der Waals surface area contributed by atoms with E-state index in [9.17, 15) is 14.4 Å². The van der Waals surface area contributed by atoms with Crippen molar-refractivity contribution in [1.82, 2.24) is 15.5 Å². The second kappa shape index (κ2) is 5.69. The average Bonchev–Trinajstić information content (AvgIpc) is 3.13. The summed E-state index contributed by atoms with van der Waals surface area (Å²) < 4.78 is 0. The van der Waals surface area contributed by atoms with Gasteiger partial charge in [-0.05, 0) is 26.2 Å². The van der Waals surface area contributed by atoms with Crippen molar-refractivity contribution in [3.05, 3.63) is 0 Å². The minimum Gasteiger partial charge on any atom is -0.352 e. The van der Waals surface area contributed by atoms with Gasteiger partial charge in [0.1, 0.15) is 0 Å². The van der Waals surface area contributed by atoms with Gasteiger partial charge in [-0.3, -0.25) is 24.6 Å². The van der Waals surface area contributed by atoms with Gasteiger partial charge in [-0.25, -0.2) is 0 Å². The van der Waals surface area contributed by atoms with Crippen LogP contribution in [0.25, 0.3) is 0 Å². The molecule has 0 aromatic rings. The van der Waals surface area contributed by atoms with Crippen LogP contribution in [-0.2, 0) is 14.4 Å². The Bertz CT molecular complexity index is 393. The zero-order valence-electron chi connectivity index (χ0n) is 11.4. The van der Waals surface area contributed by atoms with Crippen LogP contribution in [0.5, 0.6) is 0 Å². The molecule has 6 heteroatoms. The van der Waals surface area contributed by atoms with E-state index in [4.69, 9.17) is 0 Å². The highest BCUT2D eigenvalue weighted by molar-refractivity contribution is 6.05. The average molecular weight is 267 g/mol. The molecule has 1 saturated heterocycles. The number of hydrogen-bond donors (Lipinski definition) is 2. The summed E-state index contributed by atoms with van der Waals surface area (Å²) in [6.07, 6.45) is 2.97. The van der Waals surface area contributed by atoms with E-state index in [1.54, 1.807) is 6.92 Å². The Morgan fingerprint density at radius 1 is 1.42 bits per heavy atom. The molecular weight excluding hydrogens is 246 g/mol. The number of carbonyl (C=O) groups excluding carboxylic acids is 3. The van der Waals surface area contributed by atoms with Crippen LogP contribution < -0.4 is 10.6 Å². The molecule has 3 amide bonds. The first-order valence-corrected chi connectivity index (χ1v) is 6.93. The summed E-state index contributed by atoms with van der Waals surface area (Å²) in [4.78, 5) is 36.8. The number of amides is 3. The van der Waals surface area contributed by atoms with Gasteiger partial charge in [-0.15, -0.1) is 0 Å². The molecule has 2 rings (SSSR count). The third-order valence-corrected chi connectivity index (χ3v) is 3.46. The predicted molar refractivity (Wildman–Crippen MR) is 69.2 cm³/mol. The molecular formula is C13H21N3O3. The van der Waals surface area contributed by atoms with Crippen molar-refractivity contribution in [2.75, 3.05) is 6.54 Å². The Morgan fingerprint density at radius 2 is 2.11 bits per heavy atom. The third-order valence-electron chi connectivity index (χ3n) is 3.46. The minimum atomic E-state index is -0.556. The molecule has 2 aliphatic rings. The van der Waals surface area contributed by atoms with Gasteiger partial charge in [0.2, 0.25) is 17.7 Å². The van der Waals surface area contributed by atoms with Crippen LogP contribution in [0.1, 0.15) is 39.5 Å². The van der Waals surface area contributed by atoms with Crippen LogP contribution >= 0.6 is 0 Å². The highest BCUT2D eigenvalue weighted by atomic mass is 16.2. The molecule has 0 spiro atoms. The van der Waals surface area contributed by atoms with Gasteiger partial charge in [0.05, 0.1) is 18.5 Å². The fourth-order valence-corrected chi connectivity index (χ4v) is 2.20. The van der Waals surface area contributed by atoms with E-state index in [1.165, 1.54) is 4.90 Å². The lowest BCUT2D eigenvalue weighted by Crippen LogP contribution is -2.49. The Hall–Kier alpha value is -1.43. The van der Waals surface area contributed by atoms with Gasteiger partial charge in [0, 0.05) is 12.6 Å². The van der Waals surface area contributed by atoms with Crippen molar-refractivity contribution < 1.29 is 14.4 Å². The van der Waals surface area contributed by atoms with E-state index in [2.05, 4.69) is 10.6 Å². The maximum Gasteiger partial charge on any atom is 0.246 e. The first-order valence-electron chi connectivity index (χ1n) is 6.93. The lowest BCUT2D eigenvalue weighted by atomic mass is 10.2. The summed E-state index contributed by atoms with van der Waals surface area (Å²) >= 11 is 0. The van der Waals surface area contributed by atoms with Crippen LogP contribution in [0.4, 0.5) is 0 Å². The smallest absolute Gasteiger partial charge is 0.246 e. The summed E-state index contributed by atoms with van der Waals surface area (Å²) in [6, 6.07) is -0.711. The van der Waals surface area contributed by atoms with Crippen LogP contribution in [0.15, 0.2) is 0 Å². The summed E-state index contributed by atoms with van der Waals surface area (Å²) in [5.41, 5.74) is 0. The molecule has 2 N–H and O–H groups in total. The largest absolute Gasteiger partial charge is 0.352 e. The lowest BCUT2D eigenvalue weighted by Gasteiger charge is -2.18. The number of hydrogen-bond acceptors (Lipinski definition) is 4. The number of imide groups is 1. The Kier molecular flexibility index (Phi) is 4.19. The van der Waals surface area contributed by atoms with E-state index < -0.39 is 12.1 Å². The van der Waals surface area contributed by atoms with Gasteiger partial charge >= 0.3 is 0 Å². The molecule has 0 aromatic heterocycles. The summed E-state index contributed by atoms with van der Waals surface area (Å²) in [5.74, 6) is -0.464. The van der Waals surface area contributed by atoms with Crippen LogP contribution in [-0.4, -0.2) is 47.3 Å². The fourth-order valence-electron chi connectivity index (χ4n) is 2.20. The molecule has 0 aromatic carbocycles. The Balaban J connectivity index is 1.86. The third kappa shape index (κ3) is 3.32. The number of carbonyl (C=O) groups is 3.